The summed E-state index contributed by atoms with van der Waals surface area (Å²) in [6, 6.07) is -2.48. The van der Waals surface area contributed by atoms with Crippen LogP contribution in [0.4, 0.5) is 0 Å². The molecule has 0 aromatic heterocycles. The lowest BCUT2D eigenvalue weighted by atomic mass is 10.00. The van der Waals surface area contributed by atoms with Crippen LogP contribution in [0.5, 0.6) is 0 Å². The summed E-state index contributed by atoms with van der Waals surface area (Å²) in [5, 5.41) is 46.7. The van der Waals surface area contributed by atoms with Gasteiger partial charge in [-0.1, -0.05) is 84.0 Å². The standard InChI is InChI=1S/C31H57N3O10/c1-4-5-6-7-8-9-10-11-12-13-14-15-16-17-24(35)33-23(20-43-31-28(40)27(39)26(38)21(2)44-31)30(42)34-22(29(41)32-3)18-19-25(36)37/h21-23,26-28,31,38-40H,4-20H2,1-3H3,(H,32,41)(H,33,35)(H,34,42)(H,36,37)/t21-,22-,23+,26+,27+,28-,31+/m0/s1. The maximum Gasteiger partial charge on any atom is 0.303 e. The Labute approximate surface area is 261 Å². The molecule has 7 atom stereocenters. The molecule has 3 amide bonds. The van der Waals surface area contributed by atoms with E-state index >= 15 is 0 Å². The van der Waals surface area contributed by atoms with Crippen LogP contribution in [0.2, 0.25) is 0 Å². The van der Waals surface area contributed by atoms with Crippen molar-refractivity contribution in [2.24, 2.45) is 0 Å². The van der Waals surface area contributed by atoms with E-state index in [9.17, 15) is 34.5 Å². The molecule has 0 aliphatic carbocycles. The van der Waals surface area contributed by atoms with Crippen molar-refractivity contribution < 1.29 is 49.1 Å². The SMILES string of the molecule is CCCCCCCCCCCCCCCC(=O)N[C@H](CO[C@@H]1O[C@@H](C)[C@@H](O)[C@@H](O)[C@@H]1O)C(=O)N[C@@H](CCC(=O)O)C(=O)NC. The van der Waals surface area contributed by atoms with Crippen molar-refractivity contribution in [3.63, 3.8) is 0 Å². The average molecular weight is 632 g/mol. The quantitative estimate of drug-likeness (QED) is 0.0771. The van der Waals surface area contributed by atoms with Gasteiger partial charge in [-0.3, -0.25) is 19.2 Å². The minimum Gasteiger partial charge on any atom is -0.481 e. The van der Waals surface area contributed by atoms with Gasteiger partial charge in [0.25, 0.3) is 0 Å². The highest BCUT2D eigenvalue weighted by Gasteiger charge is 2.43. The Hall–Kier alpha value is -2.32. The maximum absolute atomic E-state index is 13.2. The van der Waals surface area contributed by atoms with Gasteiger partial charge in [-0.2, -0.15) is 0 Å². The Bertz CT molecular complexity index is 846. The number of carboxylic acid groups (broad SMARTS) is 1. The number of unbranched alkanes of at least 4 members (excludes halogenated alkanes) is 12. The van der Waals surface area contributed by atoms with Crippen molar-refractivity contribution in [3.05, 3.63) is 0 Å². The van der Waals surface area contributed by atoms with E-state index in [1.807, 2.05) is 0 Å². The largest absolute Gasteiger partial charge is 0.481 e. The van der Waals surface area contributed by atoms with Crippen LogP contribution < -0.4 is 16.0 Å². The number of nitrogens with one attached hydrogen (secondary N) is 3. The van der Waals surface area contributed by atoms with Crippen LogP contribution in [-0.2, 0) is 28.7 Å². The van der Waals surface area contributed by atoms with E-state index in [1.54, 1.807) is 0 Å². The molecule has 1 fully saturated rings. The van der Waals surface area contributed by atoms with Gasteiger partial charge < -0.3 is 45.9 Å². The molecule has 1 aliphatic heterocycles. The van der Waals surface area contributed by atoms with Crippen LogP contribution in [0.15, 0.2) is 0 Å². The van der Waals surface area contributed by atoms with Crippen LogP contribution in [0.3, 0.4) is 0 Å². The number of amides is 3. The third-order valence-corrected chi connectivity index (χ3v) is 7.92. The van der Waals surface area contributed by atoms with Gasteiger partial charge in [0.15, 0.2) is 6.29 Å². The fraction of sp³-hybridized carbons (Fsp3) is 0.871. The first-order valence-electron chi connectivity index (χ1n) is 16.4. The normalized spacial score (nSPS) is 23.0. The highest BCUT2D eigenvalue weighted by atomic mass is 16.7. The van der Waals surface area contributed by atoms with E-state index < -0.39 is 73.1 Å². The number of aliphatic carboxylic acids is 1. The van der Waals surface area contributed by atoms with Gasteiger partial charge in [-0.05, 0) is 19.8 Å². The number of carbonyl (C=O) groups excluding carboxylic acids is 3. The molecule has 44 heavy (non-hydrogen) atoms. The van der Waals surface area contributed by atoms with Gasteiger partial charge in [-0.15, -0.1) is 0 Å². The van der Waals surface area contributed by atoms with Gasteiger partial charge in [0.2, 0.25) is 17.7 Å². The lowest BCUT2D eigenvalue weighted by Gasteiger charge is -2.39. The second kappa shape index (κ2) is 23.1. The van der Waals surface area contributed by atoms with Crippen molar-refractivity contribution >= 4 is 23.7 Å². The summed E-state index contributed by atoms with van der Waals surface area (Å²) in [5.74, 6) is -2.94. The average Bonchev–Trinajstić information content (AvgIpc) is 3.00. The summed E-state index contributed by atoms with van der Waals surface area (Å²) in [6.45, 7) is 3.22. The molecule has 0 spiro atoms. The molecule has 1 rings (SSSR count). The first-order chi connectivity index (χ1) is 21.0. The van der Waals surface area contributed by atoms with Gasteiger partial charge in [0, 0.05) is 19.9 Å². The number of likely N-dealkylation sites (N-methyl/N-ethyl adjacent to an activating group) is 1. The molecule has 0 unspecified atom stereocenters. The van der Waals surface area contributed by atoms with Gasteiger partial charge in [0.05, 0.1) is 12.7 Å². The number of carbonyl (C=O) groups is 4. The van der Waals surface area contributed by atoms with Crippen LogP contribution in [0.25, 0.3) is 0 Å². The highest BCUT2D eigenvalue weighted by Crippen LogP contribution is 2.22. The molecule has 0 radical (unpaired) electrons. The molecule has 13 heteroatoms. The molecule has 0 saturated carbocycles. The predicted octanol–water partition coefficient (Wildman–Crippen LogP) is 1.89. The van der Waals surface area contributed by atoms with Crippen molar-refractivity contribution in [2.75, 3.05) is 13.7 Å². The van der Waals surface area contributed by atoms with Gasteiger partial charge in [-0.25, -0.2) is 0 Å². The Balaban J connectivity index is 2.60. The highest BCUT2D eigenvalue weighted by molar-refractivity contribution is 5.92. The maximum atomic E-state index is 13.2. The zero-order valence-corrected chi connectivity index (χ0v) is 26.8. The number of ether oxygens (including phenoxy) is 2. The summed E-state index contributed by atoms with van der Waals surface area (Å²) in [7, 11) is 1.35. The number of aliphatic hydroxyl groups is 3. The van der Waals surface area contributed by atoms with Crippen LogP contribution >= 0.6 is 0 Å². The topological polar surface area (TPSA) is 204 Å². The van der Waals surface area contributed by atoms with Crippen molar-refractivity contribution in [3.8, 4) is 0 Å². The second-order valence-electron chi connectivity index (χ2n) is 11.7. The fourth-order valence-electron chi connectivity index (χ4n) is 5.08. The summed E-state index contributed by atoms with van der Waals surface area (Å²) >= 11 is 0. The molecule has 0 bridgehead atoms. The molecule has 256 valence electrons. The van der Waals surface area contributed by atoms with Crippen molar-refractivity contribution in [1.29, 1.82) is 0 Å². The second-order valence-corrected chi connectivity index (χ2v) is 11.7. The van der Waals surface area contributed by atoms with E-state index in [-0.39, 0.29) is 19.3 Å². The first kappa shape index (κ1) is 39.7. The third kappa shape index (κ3) is 16.1. The monoisotopic (exact) mass is 631 g/mol. The third-order valence-electron chi connectivity index (χ3n) is 7.92. The molecule has 1 aliphatic rings. The Morgan fingerprint density at radius 1 is 0.727 bits per heavy atom. The summed E-state index contributed by atoms with van der Waals surface area (Å²) in [4.78, 5) is 49.2. The Morgan fingerprint density at radius 2 is 1.27 bits per heavy atom. The summed E-state index contributed by atoms with van der Waals surface area (Å²) in [5.41, 5.74) is 0. The molecule has 1 saturated heterocycles. The zero-order valence-electron chi connectivity index (χ0n) is 26.8. The smallest absolute Gasteiger partial charge is 0.303 e. The van der Waals surface area contributed by atoms with Crippen LogP contribution in [0.1, 0.15) is 117 Å². The Kier molecular flexibility index (Phi) is 20.8. The Morgan fingerprint density at radius 3 is 1.80 bits per heavy atom. The predicted molar refractivity (Wildman–Crippen MR) is 163 cm³/mol. The lowest BCUT2D eigenvalue weighted by molar-refractivity contribution is -0.293. The lowest BCUT2D eigenvalue weighted by Crippen LogP contribution is -2.59. The van der Waals surface area contributed by atoms with Crippen LogP contribution in [0, 0.1) is 0 Å². The number of hydrogen-bond donors (Lipinski definition) is 7. The van der Waals surface area contributed by atoms with Crippen molar-refractivity contribution in [1.82, 2.24) is 16.0 Å². The minimum atomic E-state index is -1.61. The van der Waals surface area contributed by atoms with Crippen molar-refractivity contribution in [2.45, 2.75) is 159 Å². The van der Waals surface area contributed by atoms with E-state index in [4.69, 9.17) is 14.6 Å². The van der Waals surface area contributed by atoms with E-state index in [0.29, 0.717) is 6.42 Å². The number of aliphatic hydroxyl groups excluding tert-OH is 3. The summed E-state index contributed by atoms with van der Waals surface area (Å²) in [6.07, 6.45) is 7.99. The molecule has 7 N–H and O–H groups in total. The fourth-order valence-corrected chi connectivity index (χ4v) is 5.08. The minimum absolute atomic E-state index is 0.171. The van der Waals surface area contributed by atoms with Gasteiger partial charge in [0.1, 0.15) is 30.4 Å². The molecular weight excluding hydrogens is 574 g/mol. The molecular formula is C31H57N3O10. The van der Waals surface area contributed by atoms with E-state index in [2.05, 4.69) is 22.9 Å². The van der Waals surface area contributed by atoms with E-state index in [1.165, 1.54) is 71.8 Å². The summed E-state index contributed by atoms with van der Waals surface area (Å²) < 4.78 is 11.0. The zero-order chi connectivity index (χ0) is 32.9. The molecule has 1 heterocycles. The number of rotatable bonds is 24. The molecule has 0 aromatic rings. The van der Waals surface area contributed by atoms with Gasteiger partial charge >= 0.3 is 5.97 Å². The number of carboxylic acids is 1. The first-order valence-corrected chi connectivity index (χ1v) is 16.4. The number of hydrogen-bond acceptors (Lipinski definition) is 9. The van der Waals surface area contributed by atoms with Crippen LogP contribution in [-0.4, -0.2) is 101 Å². The molecule has 0 aromatic carbocycles. The van der Waals surface area contributed by atoms with E-state index in [0.717, 1.165) is 19.3 Å². The molecule has 13 nitrogen and oxygen atoms in total.